The van der Waals surface area contributed by atoms with Crippen LogP contribution in [0.25, 0.3) is 0 Å². The van der Waals surface area contributed by atoms with Crippen molar-refractivity contribution in [1.29, 1.82) is 0 Å². The van der Waals surface area contributed by atoms with E-state index in [9.17, 15) is 4.79 Å². The minimum Gasteiger partial charge on any atom is -0.490 e. The number of benzene rings is 1. The van der Waals surface area contributed by atoms with E-state index in [1.54, 1.807) is 0 Å². The predicted molar refractivity (Wildman–Crippen MR) is 54.9 cm³/mol. The molecule has 1 aromatic rings. The van der Waals surface area contributed by atoms with Crippen LogP contribution in [0.15, 0.2) is 28.7 Å². The van der Waals surface area contributed by atoms with E-state index in [0.29, 0.717) is 6.42 Å². The Morgan fingerprint density at radius 2 is 2.08 bits per heavy atom. The van der Waals surface area contributed by atoms with Gasteiger partial charge in [-0.3, -0.25) is 0 Å². The second-order valence-corrected chi connectivity index (χ2v) is 3.70. The van der Waals surface area contributed by atoms with Crippen LogP contribution in [0.3, 0.4) is 0 Å². The van der Waals surface area contributed by atoms with Crippen LogP contribution in [0.4, 0.5) is 0 Å². The Balaban J connectivity index is 2.53. The van der Waals surface area contributed by atoms with E-state index >= 15 is 0 Å². The van der Waals surface area contributed by atoms with Gasteiger partial charge in [-0.25, -0.2) is 0 Å². The molecule has 0 saturated heterocycles. The highest BCUT2D eigenvalue weighted by Crippen LogP contribution is 2.17. The molecule has 13 heavy (non-hydrogen) atoms. The van der Waals surface area contributed by atoms with E-state index < -0.39 is 0 Å². The molecule has 0 aliphatic rings. The third-order valence-corrected chi connectivity index (χ3v) is 2.11. The summed E-state index contributed by atoms with van der Waals surface area (Å²) >= 11 is 3.33. The second kappa shape index (κ2) is 5.02. The van der Waals surface area contributed by atoms with E-state index in [2.05, 4.69) is 15.9 Å². The van der Waals surface area contributed by atoms with E-state index in [1.807, 2.05) is 31.2 Å². The summed E-state index contributed by atoms with van der Waals surface area (Å²) < 4.78 is 6.47. The molecule has 0 aliphatic carbocycles. The lowest BCUT2D eigenvalue weighted by Gasteiger charge is -2.11. The fourth-order valence-corrected chi connectivity index (χ4v) is 1.19. The van der Waals surface area contributed by atoms with E-state index in [1.165, 1.54) is 0 Å². The topological polar surface area (TPSA) is 26.3 Å². The highest BCUT2D eigenvalue weighted by molar-refractivity contribution is 9.10. The van der Waals surface area contributed by atoms with Gasteiger partial charge in [0.05, 0.1) is 0 Å². The van der Waals surface area contributed by atoms with Gasteiger partial charge in [0.1, 0.15) is 18.1 Å². The third-order valence-electron chi connectivity index (χ3n) is 1.58. The number of halogens is 1. The van der Waals surface area contributed by atoms with Crippen LogP contribution in [0, 0.1) is 0 Å². The third kappa shape index (κ3) is 3.59. The highest BCUT2D eigenvalue weighted by atomic mass is 79.9. The molecule has 0 aliphatic heterocycles. The van der Waals surface area contributed by atoms with Gasteiger partial charge in [-0.15, -0.1) is 0 Å². The molecule has 0 amide bonds. The Morgan fingerprint density at radius 3 is 2.62 bits per heavy atom. The van der Waals surface area contributed by atoms with Crippen LogP contribution in [-0.2, 0) is 4.79 Å². The second-order valence-electron chi connectivity index (χ2n) is 2.78. The molecule has 0 aromatic heterocycles. The normalized spacial score (nSPS) is 12.2. The van der Waals surface area contributed by atoms with Gasteiger partial charge in [-0.05, 0) is 31.2 Å². The molecular weight excluding hydrogens is 232 g/mol. The van der Waals surface area contributed by atoms with Crippen molar-refractivity contribution in [2.24, 2.45) is 0 Å². The van der Waals surface area contributed by atoms with E-state index in [0.717, 1.165) is 16.5 Å². The first kappa shape index (κ1) is 10.3. The zero-order valence-electron chi connectivity index (χ0n) is 7.37. The minimum atomic E-state index is -0.0568. The molecule has 1 atom stereocenters. The van der Waals surface area contributed by atoms with E-state index in [-0.39, 0.29) is 6.10 Å². The van der Waals surface area contributed by atoms with Crippen LogP contribution >= 0.6 is 15.9 Å². The summed E-state index contributed by atoms with van der Waals surface area (Å²) in [5, 5.41) is 0. The Bertz CT molecular complexity index is 269. The average molecular weight is 243 g/mol. The minimum absolute atomic E-state index is 0.0568. The van der Waals surface area contributed by atoms with Crippen molar-refractivity contribution in [1.82, 2.24) is 0 Å². The molecule has 1 aromatic carbocycles. The molecule has 0 spiro atoms. The van der Waals surface area contributed by atoms with Crippen molar-refractivity contribution in [3.63, 3.8) is 0 Å². The van der Waals surface area contributed by atoms with Crippen LogP contribution in [0.5, 0.6) is 5.75 Å². The Labute approximate surface area is 86.0 Å². The largest absolute Gasteiger partial charge is 0.490 e. The maximum Gasteiger partial charge on any atom is 0.123 e. The number of carbonyl (C=O) groups excluding carboxylic acids is 1. The molecule has 3 heteroatoms. The van der Waals surface area contributed by atoms with Crippen molar-refractivity contribution >= 4 is 22.2 Å². The summed E-state index contributed by atoms with van der Waals surface area (Å²) in [5.41, 5.74) is 0. The fourth-order valence-electron chi connectivity index (χ4n) is 0.929. The van der Waals surface area contributed by atoms with Crippen LogP contribution in [0.2, 0.25) is 0 Å². The summed E-state index contributed by atoms with van der Waals surface area (Å²) in [6, 6.07) is 7.54. The van der Waals surface area contributed by atoms with Gasteiger partial charge in [0, 0.05) is 10.9 Å². The van der Waals surface area contributed by atoms with Crippen LogP contribution in [0.1, 0.15) is 13.3 Å². The molecule has 0 N–H and O–H groups in total. The average Bonchev–Trinajstić information content (AvgIpc) is 2.09. The summed E-state index contributed by atoms with van der Waals surface area (Å²) in [4.78, 5) is 10.2. The van der Waals surface area contributed by atoms with Crippen LogP contribution in [-0.4, -0.2) is 12.4 Å². The Kier molecular flexibility index (Phi) is 3.96. The number of rotatable bonds is 4. The van der Waals surface area contributed by atoms with Gasteiger partial charge >= 0.3 is 0 Å². The predicted octanol–water partition coefficient (Wildman–Crippen LogP) is 2.81. The summed E-state index contributed by atoms with van der Waals surface area (Å²) in [6.07, 6.45) is 1.23. The van der Waals surface area contributed by atoms with Crippen molar-refractivity contribution in [3.05, 3.63) is 28.7 Å². The molecule has 2 nitrogen and oxygen atoms in total. The van der Waals surface area contributed by atoms with Gasteiger partial charge in [-0.1, -0.05) is 15.9 Å². The number of ether oxygens (including phenoxy) is 1. The number of hydrogen-bond donors (Lipinski definition) is 0. The molecular formula is C10H11BrO2. The Morgan fingerprint density at radius 1 is 1.46 bits per heavy atom. The van der Waals surface area contributed by atoms with Crippen molar-refractivity contribution < 1.29 is 9.53 Å². The molecule has 0 fully saturated rings. The molecule has 70 valence electrons. The Hall–Kier alpha value is -0.830. The van der Waals surface area contributed by atoms with Crippen LogP contribution < -0.4 is 4.74 Å². The van der Waals surface area contributed by atoms with Gasteiger partial charge in [-0.2, -0.15) is 0 Å². The highest BCUT2D eigenvalue weighted by Gasteiger charge is 2.01. The summed E-state index contributed by atoms with van der Waals surface area (Å²) in [6.45, 7) is 1.87. The zero-order valence-corrected chi connectivity index (χ0v) is 8.95. The number of hydrogen-bond acceptors (Lipinski definition) is 2. The molecule has 0 saturated carbocycles. The van der Waals surface area contributed by atoms with Gasteiger partial charge in [0.15, 0.2) is 0 Å². The fraction of sp³-hybridized carbons (Fsp3) is 0.300. The maximum atomic E-state index is 10.2. The number of aldehydes is 1. The molecule has 1 rings (SSSR count). The van der Waals surface area contributed by atoms with Crippen molar-refractivity contribution in [2.75, 3.05) is 0 Å². The van der Waals surface area contributed by atoms with Gasteiger partial charge < -0.3 is 9.53 Å². The first-order valence-corrected chi connectivity index (χ1v) is 4.87. The number of carbonyl (C=O) groups is 1. The zero-order chi connectivity index (χ0) is 9.68. The maximum absolute atomic E-state index is 10.2. The first-order chi connectivity index (χ1) is 6.22. The smallest absolute Gasteiger partial charge is 0.123 e. The van der Waals surface area contributed by atoms with Gasteiger partial charge in [0.2, 0.25) is 0 Å². The van der Waals surface area contributed by atoms with Crippen molar-refractivity contribution in [3.8, 4) is 5.75 Å². The lowest BCUT2D eigenvalue weighted by atomic mass is 10.3. The van der Waals surface area contributed by atoms with E-state index in [4.69, 9.17) is 4.74 Å². The molecule has 1 unspecified atom stereocenters. The first-order valence-electron chi connectivity index (χ1n) is 4.08. The van der Waals surface area contributed by atoms with Crippen molar-refractivity contribution in [2.45, 2.75) is 19.4 Å². The summed E-state index contributed by atoms with van der Waals surface area (Å²) in [7, 11) is 0. The summed E-state index contributed by atoms with van der Waals surface area (Å²) in [5.74, 6) is 0.789. The monoisotopic (exact) mass is 242 g/mol. The standard InChI is InChI=1S/C10H11BrO2/c1-8(6-7-12)13-10-4-2-9(11)3-5-10/h2-5,7-8H,6H2,1H3. The molecule has 0 heterocycles. The molecule has 0 radical (unpaired) electrons. The van der Waals surface area contributed by atoms with Gasteiger partial charge in [0.25, 0.3) is 0 Å². The molecule has 0 bridgehead atoms. The SMILES string of the molecule is CC(CC=O)Oc1ccc(Br)cc1. The lowest BCUT2D eigenvalue weighted by molar-refractivity contribution is -0.109. The quantitative estimate of drug-likeness (QED) is 0.760. The lowest BCUT2D eigenvalue weighted by Crippen LogP contribution is -2.11.